The summed E-state index contributed by atoms with van der Waals surface area (Å²) in [6.07, 6.45) is 2.56. The van der Waals surface area contributed by atoms with E-state index in [4.69, 9.17) is 5.11 Å². The van der Waals surface area contributed by atoms with Crippen molar-refractivity contribution in [1.82, 2.24) is 10.6 Å². The number of aliphatic carboxylic acids is 1. The number of amides is 2. The van der Waals surface area contributed by atoms with E-state index in [1.807, 2.05) is 27.7 Å². The molecule has 0 aromatic carbocycles. The first-order valence-electron chi connectivity index (χ1n) is 6.64. The zero-order valence-electron chi connectivity index (χ0n) is 11.9. The SMILES string of the molecule is CCC(CNC(=O)NC(C)(CC)CC)CC(=O)O. The van der Waals surface area contributed by atoms with Crippen molar-refractivity contribution in [1.29, 1.82) is 0 Å². The fourth-order valence-electron chi connectivity index (χ4n) is 1.59. The molecule has 0 radical (unpaired) electrons. The molecule has 18 heavy (non-hydrogen) atoms. The largest absolute Gasteiger partial charge is 0.481 e. The molecule has 0 aromatic rings. The van der Waals surface area contributed by atoms with Crippen molar-refractivity contribution in [2.45, 2.75) is 58.9 Å². The molecular weight excluding hydrogens is 232 g/mol. The lowest BCUT2D eigenvalue weighted by Crippen LogP contribution is -2.50. The fraction of sp³-hybridized carbons (Fsp3) is 0.846. The van der Waals surface area contributed by atoms with Gasteiger partial charge in [0.15, 0.2) is 0 Å². The van der Waals surface area contributed by atoms with Gasteiger partial charge in [-0.05, 0) is 25.7 Å². The van der Waals surface area contributed by atoms with Crippen LogP contribution in [-0.4, -0.2) is 29.2 Å². The van der Waals surface area contributed by atoms with E-state index < -0.39 is 5.97 Å². The summed E-state index contributed by atoms with van der Waals surface area (Å²) < 4.78 is 0. The molecule has 0 bridgehead atoms. The highest BCUT2D eigenvalue weighted by Gasteiger charge is 2.22. The molecule has 0 spiro atoms. The maximum absolute atomic E-state index is 11.7. The number of hydrogen-bond donors (Lipinski definition) is 3. The summed E-state index contributed by atoms with van der Waals surface area (Å²) in [7, 11) is 0. The minimum Gasteiger partial charge on any atom is -0.481 e. The van der Waals surface area contributed by atoms with Crippen molar-refractivity contribution in [3.8, 4) is 0 Å². The zero-order valence-corrected chi connectivity index (χ0v) is 11.9. The number of hydrogen-bond acceptors (Lipinski definition) is 2. The summed E-state index contributed by atoms with van der Waals surface area (Å²) in [6, 6.07) is -0.218. The van der Waals surface area contributed by atoms with Gasteiger partial charge in [0.25, 0.3) is 0 Å². The van der Waals surface area contributed by atoms with Gasteiger partial charge in [-0.2, -0.15) is 0 Å². The van der Waals surface area contributed by atoms with E-state index >= 15 is 0 Å². The van der Waals surface area contributed by atoms with E-state index in [-0.39, 0.29) is 23.9 Å². The van der Waals surface area contributed by atoms with Crippen molar-refractivity contribution >= 4 is 12.0 Å². The van der Waals surface area contributed by atoms with Crippen LogP contribution in [0.25, 0.3) is 0 Å². The number of rotatable bonds is 8. The fourth-order valence-corrected chi connectivity index (χ4v) is 1.59. The maximum atomic E-state index is 11.7. The Balaban J connectivity index is 4.12. The third-order valence-electron chi connectivity index (χ3n) is 3.57. The molecule has 0 fully saturated rings. The highest BCUT2D eigenvalue weighted by Crippen LogP contribution is 2.13. The van der Waals surface area contributed by atoms with Gasteiger partial charge in [0.05, 0.1) is 0 Å². The molecule has 0 heterocycles. The molecule has 2 amide bonds. The Morgan fingerprint density at radius 1 is 1.22 bits per heavy atom. The van der Waals surface area contributed by atoms with Gasteiger partial charge in [-0.1, -0.05) is 27.2 Å². The van der Waals surface area contributed by atoms with Crippen molar-refractivity contribution in [3.05, 3.63) is 0 Å². The lowest BCUT2D eigenvalue weighted by Gasteiger charge is -2.28. The molecule has 0 aromatic heterocycles. The summed E-state index contributed by atoms with van der Waals surface area (Å²) in [5.41, 5.74) is -0.196. The van der Waals surface area contributed by atoms with Gasteiger partial charge < -0.3 is 15.7 Å². The standard InChI is InChI=1S/C13H26N2O3/c1-5-10(8-11(16)17)9-14-12(18)15-13(4,6-2)7-3/h10H,5-9H2,1-4H3,(H,16,17)(H2,14,15,18). The average Bonchev–Trinajstić information content (AvgIpc) is 2.33. The van der Waals surface area contributed by atoms with Crippen LogP contribution in [0.2, 0.25) is 0 Å². The lowest BCUT2D eigenvalue weighted by atomic mass is 9.96. The van der Waals surface area contributed by atoms with E-state index in [0.29, 0.717) is 6.54 Å². The van der Waals surface area contributed by atoms with Crippen molar-refractivity contribution in [2.24, 2.45) is 5.92 Å². The Labute approximate surface area is 109 Å². The summed E-state index contributed by atoms with van der Waals surface area (Å²) in [5.74, 6) is -0.834. The summed E-state index contributed by atoms with van der Waals surface area (Å²) in [4.78, 5) is 22.3. The first-order chi connectivity index (χ1) is 8.36. The second-order valence-electron chi connectivity index (χ2n) is 4.97. The van der Waals surface area contributed by atoms with Gasteiger partial charge in [0.1, 0.15) is 0 Å². The minimum atomic E-state index is -0.823. The summed E-state index contributed by atoms with van der Waals surface area (Å²) >= 11 is 0. The average molecular weight is 258 g/mol. The highest BCUT2D eigenvalue weighted by atomic mass is 16.4. The molecule has 1 unspecified atom stereocenters. The predicted molar refractivity (Wildman–Crippen MR) is 71.6 cm³/mol. The number of urea groups is 1. The molecule has 0 rings (SSSR count). The maximum Gasteiger partial charge on any atom is 0.315 e. The van der Waals surface area contributed by atoms with E-state index in [1.54, 1.807) is 0 Å². The first-order valence-corrected chi connectivity index (χ1v) is 6.64. The van der Waals surface area contributed by atoms with Gasteiger partial charge in [-0.25, -0.2) is 4.79 Å². The van der Waals surface area contributed by atoms with Crippen molar-refractivity contribution < 1.29 is 14.7 Å². The molecule has 106 valence electrons. The quantitative estimate of drug-likeness (QED) is 0.625. The number of carbonyl (C=O) groups excluding carboxylic acids is 1. The third kappa shape index (κ3) is 6.47. The molecule has 5 heteroatoms. The van der Waals surface area contributed by atoms with E-state index in [9.17, 15) is 9.59 Å². The lowest BCUT2D eigenvalue weighted by molar-refractivity contribution is -0.138. The van der Waals surface area contributed by atoms with Crippen LogP contribution in [0.4, 0.5) is 4.79 Å². The molecule has 0 aliphatic carbocycles. The van der Waals surface area contributed by atoms with Crippen LogP contribution in [0.5, 0.6) is 0 Å². The van der Waals surface area contributed by atoms with Gasteiger partial charge in [0, 0.05) is 18.5 Å². The Kier molecular flexibility index (Phi) is 7.39. The molecule has 0 aliphatic heterocycles. The Morgan fingerprint density at radius 3 is 2.17 bits per heavy atom. The Morgan fingerprint density at radius 2 is 1.78 bits per heavy atom. The van der Waals surface area contributed by atoms with Gasteiger partial charge in [0.2, 0.25) is 0 Å². The predicted octanol–water partition coefficient (Wildman–Crippen LogP) is 2.37. The van der Waals surface area contributed by atoms with Crippen LogP contribution in [0.3, 0.4) is 0 Å². The van der Waals surface area contributed by atoms with Crippen LogP contribution in [0.1, 0.15) is 53.4 Å². The molecular formula is C13H26N2O3. The van der Waals surface area contributed by atoms with Crippen molar-refractivity contribution in [2.75, 3.05) is 6.54 Å². The third-order valence-corrected chi connectivity index (χ3v) is 3.57. The molecule has 0 saturated heterocycles. The molecule has 5 nitrogen and oxygen atoms in total. The molecule has 0 aliphatic rings. The highest BCUT2D eigenvalue weighted by molar-refractivity contribution is 5.74. The summed E-state index contributed by atoms with van der Waals surface area (Å²) in [5, 5.41) is 14.4. The van der Waals surface area contributed by atoms with Gasteiger partial charge >= 0.3 is 12.0 Å². The van der Waals surface area contributed by atoms with Crippen LogP contribution >= 0.6 is 0 Å². The smallest absolute Gasteiger partial charge is 0.315 e. The van der Waals surface area contributed by atoms with Crippen LogP contribution < -0.4 is 10.6 Å². The van der Waals surface area contributed by atoms with Crippen molar-refractivity contribution in [3.63, 3.8) is 0 Å². The van der Waals surface area contributed by atoms with E-state index in [0.717, 1.165) is 19.3 Å². The van der Waals surface area contributed by atoms with Gasteiger partial charge in [-0.3, -0.25) is 4.79 Å². The second-order valence-corrected chi connectivity index (χ2v) is 4.97. The first kappa shape index (κ1) is 16.7. The Bertz CT molecular complexity index is 275. The normalized spacial score (nSPS) is 12.9. The number of carbonyl (C=O) groups is 2. The van der Waals surface area contributed by atoms with Crippen LogP contribution in [0, 0.1) is 5.92 Å². The monoisotopic (exact) mass is 258 g/mol. The number of nitrogens with one attached hydrogen (secondary N) is 2. The molecule has 3 N–H and O–H groups in total. The topological polar surface area (TPSA) is 78.4 Å². The second kappa shape index (κ2) is 7.95. The molecule has 0 saturated carbocycles. The van der Waals surface area contributed by atoms with Crippen LogP contribution in [-0.2, 0) is 4.79 Å². The van der Waals surface area contributed by atoms with Gasteiger partial charge in [-0.15, -0.1) is 0 Å². The van der Waals surface area contributed by atoms with E-state index in [1.165, 1.54) is 0 Å². The zero-order chi connectivity index (χ0) is 14.2. The van der Waals surface area contributed by atoms with E-state index in [2.05, 4.69) is 10.6 Å². The number of carboxylic acid groups (broad SMARTS) is 1. The van der Waals surface area contributed by atoms with Crippen LogP contribution in [0.15, 0.2) is 0 Å². The summed E-state index contributed by atoms with van der Waals surface area (Å²) in [6.45, 7) is 8.39. The Hall–Kier alpha value is -1.26. The minimum absolute atomic E-state index is 0.0113. The molecule has 1 atom stereocenters. The number of carboxylic acids is 1.